The standard InChI is InChI=1S/C14H17N3O2/c1-10-4-3-5-11(13(10)15)14(18)19-9-6-12-16-7-8-17(12)2/h3-5,7-8H,6,9,15H2,1-2H3. The van der Waals surface area contributed by atoms with Crippen molar-refractivity contribution in [2.24, 2.45) is 7.05 Å². The first-order valence-corrected chi connectivity index (χ1v) is 6.08. The quantitative estimate of drug-likeness (QED) is 0.670. The van der Waals surface area contributed by atoms with Crippen molar-refractivity contribution in [3.8, 4) is 0 Å². The van der Waals surface area contributed by atoms with Gasteiger partial charge in [0.05, 0.1) is 12.2 Å². The lowest BCUT2D eigenvalue weighted by molar-refractivity contribution is 0.0508. The number of aromatic nitrogens is 2. The van der Waals surface area contributed by atoms with Crippen molar-refractivity contribution < 1.29 is 9.53 Å². The number of imidazole rings is 1. The second-order valence-electron chi connectivity index (χ2n) is 4.38. The minimum atomic E-state index is -0.393. The normalized spacial score (nSPS) is 10.4. The van der Waals surface area contributed by atoms with Gasteiger partial charge in [0.1, 0.15) is 5.82 Å². The van der Waals surface area contributed by atoms with Gasteiger partial charge < -0.3 is 15.0 Å². The molecule has 1 aromatic carbocycles. The second kappa shape index (κ2) is 5.56. The number of carbonyl (C=O) groups is 1. The molecular weight excluding hydrogens is 242 g/mol. The molecule has 0 aliphatic rings. The van der Waals surface area contributed by atoms with Crippen molar-refractivity contribution in [1.29, 1.82) is 0 Å². The molecule has 0 amide bonds. The van der Waals surface area contributed by atoms with Crippen LogP contribution in [0.5, 0.6) is 0 Å². The molecule has 0 spiro atoms. The summed E-state index contributed by atoms with van der Waals surface area (Å²) in [5.41, 5.74) is 7.62. The molecule has 1 heterocycles. The van der Waals surface area contributed by atoms with E-state index in [2.05, 4.69) is 4.98 Å². The first kappa shape index (κ1) is 13.1. The lowest BCUT2D eigenvalue weighted by atomic mass is 10.1. The molecule has 0 radical (unpaired) electrons. The molecule has 19 heavy (non-hydrogen) atoms. The molecule has 0 aliphatic carbocycles. The molecule has 2 N–H and O–H groups in total. The highest BCUT2D eigenvalue weighted by molar-refractivity contribution is 5.95. The Morgan fingerprint density at radius 1 is 1.47 bits per heavy atom. The molecule has 1 aromatic heterocycles. The molecule has 5 heteroatoms. The van der Waals surface area contributed by atoms with Crippen molar-refractivity contribution in [3.63, 3.8) is 0 Å². The fourth-order valence-electron chi connectivity index (χ4n) is 1.81. The van der Waals surface area contributed by atoms with Gasteiger partial charge in [-0.2, -0.15) is 0 Å². The average Bonchev–Trinajstić information content (AvgIpc) is 2.78. The van der Waals surface area contributed by atoms with Crippen molar-refractivity contribution in [3.05, 3.63) is 47.5 Å². The number of anilines is 1. The van der Waals surface area contributed by atoms with E-state index in [9.17, 15) is 4.79 Å². The number of hydrogen-bond donors (Lipinski definition) is 1. The summed E-state index contributed by atoms with van der Waals surface area (Å²) >= 11 is 0. The van der Waals surface area contributed by atoms with Crippen LogP contribution in [-0.4, -0.2) is 22.1 Å². The summed E-state index contributed by atoms with van der Waals surface area (Å²) < 4.78 is 7.12. The smallest absolute Gasteiger partial charge is 0.340 e. The molecule has 5 nitrogen and oxygen atoms in total. The molecule has 0 atom stereocenters. The molecular formula is C14H17N3O2. The fourth-order valence-corrected chi connectivity index (χ4v) is 1.81. The second-order valence-corrected chi connectivity index (χ2v) is 4.38. The molecule has 0 unspecified atom stereocenters. The van der Waals surface area contributed by atoms with Gasteiger partial charge in [0.2, 0.25) is 0 Å². The lowest BCUT2D eigenvalue weighted by Gasteiger charge is -2.08. The van der Waals surface area contributed by atoms with E-state index in [1.165, 1.54) is 0 Å². The summed E-state index contributed by atoms with van der Waals surface area (Å²) in [5.74, 6) is 0.487. The number of carbonyl (C=O) groups excluding carboxylic acids is 1. The van der Waals surface area contributed by atoms with E-state index in [-0.39, 0.29) is 6.61 Å². The molecule has 0 saturated heterocycles. The van der Waals surface area contributed by atoms with E-state index in [1.54, 1.807) is 18.3 Å². The Morgan fingerprint density at radius 2 is 2.26 bits per heavy atom. The monoisotopic (exact) mass is 259 g/mol. The van der Waals surface area contributed by atoms with Crippen LogP contribution in [0.1, 0.15) is 21.7 Å². The Bertz CT molecular complexity index is 590. The maximum atomic E-state index is 11.9. The van der Waals surface area contributed by atoms with Crippen LogP contribution in [0.3, 0.4) is 0 Å². The van der Waals surface area contributed by atoms with Crippen LogP contribution in [0.2, 0.25) is 0 Å². The maximum Gasteiger partial charge on any atom is 0.340 e. The van der Waals surface area contributed by atoms with Crippen molar-refractivity contribution in [2.75, 3.05) is 12.3 Å². The van der Waals surface area contributed by atoms with E-state index >= 15 is 0 Å². The molecule has 100 valence electrons. The zero-order valence-electron chi connectivity index (χ0n) is 11.1. The van der Waals surface area contributed by atoms with Gasteiger partial charge in [-0.05, 0) is 18.6 Å². The minimum Gasteiger partial charge on any atom is -0.462 e. The summed E-state index contributed by atoms with van der Waals surface area (Å²) in [6.45, 7) is 2.15. The number of esters is 1. The van der Waals surface area contributed by atoms with Crippen LogP contribution in [0.4, 0.5) is 5.69 Å². The SMILES string of the molecule is Cc1cccc(C(=O)OCCc2nccn2C)c1N. The molecule has 0 saturated carbocycles. The number of rotatable bonds is 4. The summed E-state index contributed by atoms with van der Waals surface area (Å²) in [5, 5.41) is 0. The van der Waals surface area contributed by atoms with Gasteiger partial charge in [0.25, 0.3) is 0 Å². The van der Waals surface area contributed by atoms with Crippen molar-refractivity contribution in [2.45, 2.75) is 13.3 Å². The number of ether oxygens (including phenoxy) is 1. The largest absolute Gasteiger partial charge is 0.462 e. The summed E-state index contributed by atoms with van der Waals surface area (Å²) in [6, 6.07) is 5.33. The first-order valence-electron chi connectivity index (χ1n) is 6.08. The van der Waals surface area contributed by atoms with Crippen molar-refractivity contribution in [1.82, 2.24) is 9.55 Å². The fraction of sp³-hybridized carbons (Fsp3) is 0.286. The maximum absolute atomic E-state index is 11.9. The van der Waals surface area contributed by atoms with Crippen LogP contribution in [0, 0.1) is 6.92 Å². The summed E-state index contributed by atoms with van der Waals surface area (Å²) in [6.07, 6.45) is 4.16. The Morgan fingerprint density at radius 3 is 2.95 bits per heavy atom. The summed E-state index contributed by atoms with van der Waals surface area (Å²) in [4.78, 5) is 16.1. The van der Waals surface area contributed by atoms with Gasteiger partial charge in [-0.1, -0.05) is 12.1 Å². The van der Waals surface area contributed by atoms with Gasteiger partial charge in [0, 0.05) is 31.5 Å². The van der Waals surface area contributed by atoms with Gasteiger partial charge in [-0.25, -0.2) is 9.78 Å². The van der Waals surface area contributed by atoms with E-state index < -0.39 is 5.97 Å². The predicted molar refractivity (Wildman–Crippen MR) is 72.8 cm³/mol. The third kappa shape index (κ3) is 2.93. The predicted octanol–water partition coefficient (Wildman–Crippen LogP) is 1.71. The van der Waals surface area contributed by atoms with Gasteiger partial charge in [-0.15, -0.1) is 0 Å². The Labute approximate surface area is 112 Å². The number of nitrogen functional groups attached to an aromatic ring is 1. The van der Waals surface area contributed by atoms with Crippen LogP contribution in [0.15, 0.2) is 30.6 Å². The van der Waals surface area contributed by atoms with Crippen LogP contribution < -0.4 is 5.73 Å². The molecule has 0 aliphatic heterocycles. The Balaban J connectivity index is 1.95. The molecule has 2 aromatic rings. The molecule has 0 fully saturated rings. The average molecular weight is 259 g/mol. The highest BCUT2D eigenvalue weighted by Gasteiger charge is 2.12. The molecule has 2 rings (SSSR count). The van der Waals surface area contributed by atoms with Crippen LogP contribution in [-0.2, 0) is 18.2 Å². The third-order valence-corrected chi connectivity index (χ3v) is 3.02. The van der Waals surface area contributed by atoms with E-state index in [4.69, 9.17) is 10.5 Å². The topological polar surface area (TPSA) is 70.1 Å². The highest BCUT2D eigenvalue weighted by Crippen LogP contribution is 2.17. The Kier molecular flexibility index (Phi) is 3.85. The van der Waals surface area contributed by atoms with E-state index in [1.807, 2.05) is 30.8 Å². The van der Waals surface area contributed by atoms with Crippen LogP contribution in [0.25, 0.3) is 0 Å². The Hall–Kier alpha value is -2.30. The van der Waals surface area contributed by atoms with Crippen molar-refractivity contribution >= 4 is 11.7 Å². The number of hydrogen-bond acceptors (Lipinski definition) is 4. The van der Waals surface area contributed by atoms with Gasteiger partial charge in [-0.3, -0.25) is 0 Å². The van der Waals surface area contributed by atoms with Gasteiger partial charge in [0.15, 0.2) is 0 Å². The van der Waals surface area contributed by atoms with Gasteiger partial charge >= 0.3 is 5.97 Å². The lowest BCUT2D eigenvalue weighted by Crippen LogP contribution is -2.12. The third-order valence-electron chi connectivity index (χ3n) is 3.02. The van der Waals surface area contributed by atoms with E-state index in [0.717, 1.165) is 11.4 Å². The zero-order valence-corrected chi connectivity index (χ0v) is 11.1. The minimum absolute atomic E-state index is 0.289. The first-order chi connectivity index (χ1) is 9.09. The van der Waals surface area contributed by atoms with Crippen LogP contribution >= 0.6 is 0 Å². The number of para-hydroxylation sites is 1. The van der Waals surface area contributed by atoms with E-state index in [0.29, 0.717) is 17.7 Å². The number of aryl methyl sites for hydroxylation is 2. The number of nitrogens with two attached hydrogens (primary N) is 1. The number of nitrogens with zero attached hydrogens (tertiary/aromatic N) is 2. The zero-order chi connectivity index (χ0) is 13.8. The molecule has 0 bridgehead atoms. The summed E-state index contributed by atoms with van der Waals surface area (Å²) in [7, 11) is 1.91. The highest BCUT2D eigenvalue weighted by atomic mass is 16.5. The number of benzene rings is 1.